The van der Waals surface area contributed by atoms with Crippen LogP contribution in [0.15, 0.2) is 17.1 Å². The standard InChI is InChI=1S/C11H17N3O/c1-2-10(1)14(11-3-4-12-5-11)6-9-7-15-8-13-9/h7-8,10-12H,1-6H2. The summed E-state index contributed by atoms with van der Waals surface area (Å²) < 4.78 is 5.02. The van der Waals surface area contributed by atoms with Crippen LogP contribution in [0, 0.1) is 0 Å². The van der Waals surface area contributed by atoms with Crippen molar-refractivity contribution in [1.29, 1.82) is 0 Å². The van der Waals surface area contributed by atoms with E-state index in [1.807, 2.05) is 0 Å². The maximum absolute atomic E-state index is 5.02. The van der Waals surface area contributed by atoms with Gasteiger partial charge in [-0.05, 0) is 25.8 Å². The summed E-state index contributed by atoms with van der Waals surface area (Å²) in [6.07, 6.45) is 7.27. The third-order valence-electron chi connectivity index (χ3n) is 3.35. The quantitative estimate of drug-likeness (QED) is 0.799. The summed E-state index contributed by atoms with van der Waals surface area (Å²) in [5, 5.41) is 3.43. The molecule has 1 saturated carbocycles. The minimum atomic E-state index is 0.703. The van der Waals surface area contributed by atoms with Crippen molar-refractivity contribution in [2.75, 3.05) is 13.1 Å². The third kappa shape index (κ3) is 2.06. The smallest absolute Gasteiger partial charge is 0.180 e. The Morgan fingerprint density at radius 1 is 1.40 bits per heavy atom. The number of nitrogens with zero attached hydrogens (tertiary/aromatic N) is 2. The normalized spacial score (nSPS) is 26.3. The van der Waals surface area contributed by atoms with Gasteiger partial charge in [0.05, 0.1) is 5.69 Å². The summed E-state index contributed by atoms with van der Waals surface area (Å²) >= 11 is 0. The van der Waals surface area contributed by atoms with Crippen LogP contribution in [0.2, 0.25) is 0 Å². The Labute approximate surface area is 89.7 Å². The highest BCUT2D eigenvalue weighted by molar-refractivity contribution is 4.98. The predicted octanol–water partition coefficient (Wildman–Crippen LogP) is 1.00. The first-order valence-electron chi connectivity index (χ1n) is 5.77. The fraction of sp³-hybridized carbons (Fsp3) is 0.727. The van der Waals surface area contributed by atoms with Gasteiger partial charge in [0.1, 0.15) is 6.26 Å². The first kappa shape index (κ1) is 9.36. The molecule has 1 aliphatic heterocycles. The van der Waals surface area contributed by atoms with E-state index in [9.17, 15) is 0 Å². The Morgan fingerprint density at radius 3 is 2.93 bits per heavy atom. The van der Waals surface area contributed by atoms with Crippen LogP contribution in [0.4, 0.5) is 0 Å². The predicted molar refractivity (Wildman–Crippen MR) is 56.3 cm³/mol. The molecule has 2 aliphatic rings. The summed E-state index contributed by atoms with van der Waals surface area (Å²) in [6.45, 7) is 3.24. The van der Waals surface area contributed by atoms with Gasteiger partial charge < -0.3 is 9.73 Å². The molecule has 4 heteroatoms. The topological polar surface area (TPSA) is 41.3 Å². The molecule has 1 aromatic heterocycles. The number of aromatic nitrogens is 1. The Morgan fingerprint density at radius 2 is 2.33 bits per heavy atom. The molecule has 2 heterocycles. The lowest BCUT2D eigenvalue weighted by Gasteiger charge is -2.27. The summed E-state index contributed by atoms with van der Waals surface area (Å²) in [6, 6.07) is 1.50. The second-order valence-corrected chi connectivity index (χ2v) is 4.53. The average Bonchev–Trinajstić information content (AvgIpc) is 2.78. The highest BCUT2D eigenvalue weighted by atomic mass is 16.3. The molecule has 2 fully saturated rings. The van der Waals surface area contributed by atoms with E-state index in [-0.39, 0.29) is 0 Å². The molecular weight excluding hydrogens is 190 g/mol. The van der Waals surface area contributed by atoms with Gasteiger partial charge in [0, 0.05) is 25.2 Å². The van der Waals surface area contributed by atoms with E-state index in [0.29, 0.717) is 6.04 Å². The third-order valence-corrected chi connectivity index (χ3v) is 3.35. The van der Waals surface area contributed by atoms with Crippen LogP contribution in [0.1, 0.15) is 25.0 Å². The van der Waals surface area contributed by atoms with Crippen molar-refractivity contribution in [1.82, 2.24) is 15.2 Å². The molecule has 1 aliphatic carbocycles. The van der Waals surface area contributed by atoms with Crippen molar-refractivity contribution in [2.24, 2.45) is 0 Å². The molecule has 15 heavy (non-hydrogen) atoms. The number of rotatable bonds is 4. The van der Waals surface area contributed by atoms with Gasteiger partial charge in [-0.2, -0.15) is 0 Å². The molecule has 1 atom stereocenters. The zero-order valence-electron chi connectivity index (χ0n) is 8.85. The van der Waals surface area contributed by atoms with E-state index in [1.54, 1.807) is 6.26 Å². The van der Waals surface area contributed by atoms with E-state index >= 15 is 0 Å². The molecule has 0 aromatic carbocycles. The molecule has 0 spiro atoms. The fourth-order valence-electron chi connectivity index (χ4n) is 2.39. The van der Waals surface area contributed by atoms with Gasteiger partial charge in [0.25, 0.3) is 0 Å². The van der Waals surface area contributed by atoms with Crippen molar-refractivity contribution >= 4 is 0 Å². The van der Waals surface area contributed by atoms with E-state index in [4.69, 9.17) is 4.42 Å². The van der Waals surface area contributed by atoms with Crippen molar-refractivity contribution in [3.8, 4) is 0 Å². The molecule has 1 N–H and O–H groups in total. The summed E-state index contributed by atoms with van der Waals surface area (Å²) in [7, 11) is 0. The lowest BCUT2D eigenvalue weighted by atomic mass is 10.2. The first-order valence-corrected chi connectivity index (χ1v) is 5.77. The molecule has 1 unspecified atom stereocenters. The molecular formula is C11H17N3O. The van der Waals surface area contributed by atoms with Gasteiger partial charge in [-0.25, -0.2) is 4.98 Å². The Hall–Kier alpha value is -0.870. The van der Waals surface area contributed by atoms with E-state index in [2.05, 4.69) is 15.2 Å². The van der Waals surface area contributed by atoms with Gasteiger partial charge in [-0.15, -0.1) is 0 Å². The minimum Gasteiger partial charge on any atom is -0.451 e. The monoisotopic (exact) mass is 207 g/mol. The molecule has 3 rings (SSSR count). The maximum Gasteiger partial charge on any atom is 0.180 e. The van der Waals surface area contributed by atoms with Gasteiger partial charge in [-0.3, -0.25) is 4.90 Å². The van der Waals surface area contributed by atoms with Crippen LogP contribution in [0.5, 0.6) is 0 Å². The molecule has 0 bridgehead atoms. The molecule has 1 saturated heterocycles. The average molecular weight is 207 g/mol. The molecule has 82 valence electrons. The van der Waals surface area contributed by atoms with Crippen molar-refractivity contribution in [2.45, 2.75) is 37.9 Å². The zero-order chi connectivity index (χ0) is 10.1. The molecule has 0 radical (unpaired) electrons. The molecule has 1 aromatic rings. The van der Waals surface area contributed by atoms with Crippen LogP contribution in [0.3, 0.4) is 0 Å². The first-order chi connectivity index (χ1) is 7.43. The van der Waals surface area contributed by atoms with E-state index < -0.39 is 0 Å². The molecule has 4 nitrogen and oxygen atoms in total. The van der Waals surface area contributed by atoms with Crippen LogP contribution in [-0.2, 0) is 6.54 Å². The van der Waals surface area contributed by atoms with Crippen molar-refractivity contribution in [3.63, 3.8) is 0 Å². The highest BCUT2D eigenvalue weighted by Gasteiger charge is 2.35. The second-order valence-electron chi connectivity index (χ2n) is 4.53. The lowest BCUT2D eigenvalue weighted by Crippen LogP contribution is -2.38. The number of hydrogen-bond acceptors (Lipinski definition) is 4. The van der Waals surface area contributed by atoms with Crippen LogP contribution in [0.25, 0.3) is 0 Å². The Balaban J connectivity index is 1.67. The van der Waals surface area contributed by atoms with Gasteiger partial charge in [0.2, 0.25) is 0 Å². The Kier molecular flexibility index (Phi) is 2.46. The number of nitrogens with one attached hydrogen (secondary N) is 1. The largest absolute Gasteiger partial charge is 0.451 e. The second kappa shape index (κ2) is 3.94. The fourth-order valence-corrected chi connectivity index (χ4v) is 2.39. The number of oxazole rings is 1. The van der Waals surface area contributed by atoms with E-state index in [0.717, 1.165) is 31.4 Å². The minimum absolute atomic E-state index is 0.703. The van der Waals surface area contributed by atoms with Gasteiger partial charge in [0.15, 0.2) is 6.39 Å². The van der Waals surface area contributed by atoms with Gasteiger partial charge in [-0.1, -0.05) is 0 Å². The summed E-state index contributed by atoms with van der Waals surface area (Å²) in [5.74, 6) is 0. The van der Waals surface area contributed by atoms with Gasteiger partial charge >= 0.3 is 0 Å². The van der Waals surface area contributed by atoms with Crippen molar-refractivity contribution < 1.29 is 4.42 Å². The molecule has 0 amide bonds. The van der Waals surface area contributed by atoms with E-state index in [1.165, 1.54) is 25.7 Å². The lowest BCUT2D eigenvalue weighted by molar-refractivity contribution is 0.186. The summed E-state index contributed by atoms with van der Waals surface area (Å²) in [5.41, 5.74) is 1.06. The zero-order valence-corrected chi connectivity index (χ0v) is 8.85. The highest BCUT2D eigenvalue weighted by Crippen LogP contribution is 2.31. The van der Waals surface area contributed by atoms with Crippen LogP contribution < -0.4 is 5.32 Å². The van der Waals surface area contributed by atoms with Crippen LogP contribution >= 0.6 is 0 Å². The Bertz CT molecular complexity index is 302. The number of hydrogen-bond donors (Lipinski definition) is 1. The van der Waals surface area contributed by atoms with Crippen LogP contribution in [-0.4, -0.2) is 35.1 Å². The SMILES string of the molecule is c1nc(CN(C2CC2)C2CCNC2)co1. The van der Waals surface area contributed by atoms with Crippen molar-refractivity contribution in [3.05, 3.63) is 18.4 Å². The summed E-state index contributed by atoms with van der Waals surface area (Å²) in [4.78, 5) is 6.80. The maximum atomic E-state index is 5.02.